The Labute approximate surface area is 85.0 Å². The van der Waals surface area contributed by atoms with Gasteiger partial charge >= 0.3 is 0 Å². The minimum Gasteiger partial charge on any atom is -0.496 e. The molecular formula is C11H17NO2. The zero-order valence-electron chi connectivity index (χ0n) is 8.96. The average molecular weight is 195 g/mol. The molecule has 1 N–H and O–H groups in total. The van der Waals surface area contributed by atoms with Gasteiger partial charge in [-0.25, -0.2) is 0 Å². The van der Waals surface area contributed by atoms with Crippen LogP contribution in [0, 0.1) is 0 Å². The average Bonchev–Trinajstić information content (AvgIpc) is 2.21. The molecule has 0 aliphatic rings. The molecule has 0 aliphatic carbocycles. The van der Waals surface area contributed by atoms with E-state index in [1.54, 1.807) is 14.2 Å². The predicted octanol–water partition coefficient (Wildman–Crippen LogP) is 1.56. The molecule has 0 unspecified atom stereocenters. The zero-order valence-corrected chi connectivity index (χ0v) is 8.96. The topological polar surface area (TPSA) is 30.5 Å². The van der Waals surface area contributed by atoms with Gasteiger partial charge in [-0.05, 0) is 18.7 Å². The Bertz CT molecular complexity index is 287. The number of benzene rings is 1. The van der Waals surface area contributed by atoms with Crippen LogP contribution < -0.4 is 10.1 Å². The summed E-state index contributed by atoms with van der Waals surface area (Å²) in [6.45, 7) is 1.44. The molecule has 78 valence electrons. The second-order valence-corrected chi connectivity index (χ2v) is 3.11. The summed E-state index contributed by atoms with van der Waals surface area (Å²) in [6, 6.07) is 6.12. The molecule has 14 heavy (non-hydrogen) atoms. The number of methoxy groups -OCH3 is 2. The summed E-state index contributed by atoms with van der Waals surface area (Å²) in [5, 5.41) is 3.10. The van der Waals surface area contributed by atoms with Crippen molar-refractivity contribution >= 4 is 0 Å². The van der Waals surface area contributed by atoms with Gasteiger partial charge < -0.3 is 14.8 Å². The molecule has 0 spiro atoms. The lowest BCUT2D eigenvalue weighted by atomic mass is 10.1. The Kier molecular flexibility index (Phi) is 4.43. The zero-order chi connectivity index (χ0) is 10.4. The third kappa shape index (κ3) is 2.72. The van der Waals surface area contributed by atoms with Gasteiger partial charge in [0.05, 0.1) is 13.7 Å². The highest BCUT2D eigenvalue weighted by Crippen LogP contribution is 2.20. The Morgan fingerprint density at radius 1 is 1.29 bits per heavy atom. The molecule has 0 fully saturated rings. The molecule has 3 nitrogen and oxygen atoms in total. The van der Waals surface area contributed by atoms with Crippen molar-refractivity contribution < 1.29 is 9.47 Å². The lowest BCUT2D eigenvalue weighted by molar-refractivity contribution is 0.184. The van der Waals surface area contributed by atoms with Crippen LogP contribution in [0.1, 0.15) is 11.1 Å². The fraction of sp³-hybridized carbons (Fsp3) is 0.455. The summed E-state index contributed by atoms with van der Waals surface area (Å²) in [5.74, 6) is 0.911. The van der Waals surface area contributed by atoms with Crippen LogP contribution in [-0.2, 0) is 17.9 Å². The summed E-state index contributed by atoms with van der Waals surface area (Å²) in [6.07, 6.45) is 0. The van der Waals surface area contributed by atoms with E-state index < -0.39 is 0 Å². The number of ether oxygens (including phenoxy) is 2. The number of rotatable bonds is 5. The second kappa shape index (κ2) is 5.62. The van der Waals surface area contributed by atoms with Gasteiger partial charge in [0.15, 0.2) is 0 Å². The van der Waals surface area contributed by atoms with Crippen molar-refractivity contribution in [2.45, 2.75) is 13.2 Å². The fourth-order valence-electron chi connectivity index (χ4n) is 1.38. The minimum absolute atomic E-state index is 0.621. The molecule has 0 bridgehead atoms. The van der Waals surface area contributed by atoms with Gasteiger partial charge in [-0.3, -0.25) is 0 Å². The summed E-state index contributed by atoms with van der Waals surface area (Å²) >= 11 is 0. The van der Waals surface area contributed by atoms with E-state index >= 15 is 0 Å². The maximum Gasteiger partial charge on any atom is 0.123 e. The lowest BCUT2D eigenvalue weighted by Gasteiger charge is -2.09. The molecule has 0 aromatic heterocycles. The van der Waals surface area contributed by atoms with Crippen LogP contribution in [-0.4, -0.2) is 21.3 Å². The monoisotopic (exact) mass is 195 g/mol. The first-order valence-electron chi connectivity index (χ1n) is 4.61. The molecule has 0 amide bonds. The van der Waals surface area contributed by atoms with E-state index in [4.69, 9.17) is 9.47 Å². The molecule has 0 aliphatic heterocycles. The summed E-state index contributed by atoms with van der Waals surface area (Å²) in [4.78, 5) is 0. The maximum atomic E-state index is 5.29. The van der Waals surface area contributed by atoms with Gasteiger partial charge in [0.25, 0.3) is 0 Å². The number of nitrogens with one attached hydrogen (secondary N) is 1. The summed E-state index contributed by atoms with van der Waals surface area (Å²) in [5.41, 5.74) is 2.29. The van der Waals surface area contributed by atoms with Gasteiger partial charge in [0, 0.05) is 19.2 Å². The van der Waals surface area contributed by atoms with Crippen LogP contribution in [0.2, 0.25) is 0 Å². The van der Waals surface area contributed by atoms with E-state index in [2.05, 4.69) is 17.4 Å². The molecule has 0 heterocycles. The van der Waals surface area contributed by atoms with Gasteiger partial charge in [-0.2, -0.15) is 0 Å². The van der Waals surface area contributed by atoms with E-state index in [1.807, 2.05) is 13.1 Å². The first-order chi connectivity index (χ1) is 6.81. The Hall–Kier alpha value is -1.06. The molecule has 0 saturated heterocycles. The molecular weight excluding hydrogens is 178 g/mol. The van der Waals surface area contributed by atoms with Crippen LogP contribution >= 0.6 is 0 Å². The highest BCUT2D eigenvalue weighted by Gasteiger charge is 2.02. The smallest absolute Gasteiger partial charge is 0.123 e. The summed E-state index contributed by atoms with van der Waals surface area (Å²) < 4.78 is 10.3. The van der Waals surface area contributed by atoms with Crippen molar-refractivity contribution in [1.82, 2.24) is 5.32 Å². The van der Waals surface area contributed by atoms with Crippen LogP contribution in [0.3, 0.4) is 0 Å². The molecule has 0 saturated carbocycles. The van der Waals surface area contributed by atoms with Crippen molar-refractivity contribution in [3.8, 4) is 5.75 Å². The first kappa shape index (κ1) is 11.0. The van der Waals surface area contributed by atoms with E-state index in [-0.39, 0.29) is 0 Å². The second-order valence-electron chi connectivity index (χ2n) is 3.11. The lowest BCUT2D eigenvalue weighted by Crippen LogP contribution is -2.06. The molecule has 0 atom stereocenters. The van der Waals surface area contributed by atoms with E-state index in [1.165, 1.54) is 0 Å². The van der Waals surface area contributed by atoms with Gasteiger partial charge in [-0.15, -0.1) is 0 Å². The highest BCUT2D eigenvalue weighted by atomic mass is 16.5. The third-order valence-corrected chi connectivity index (χ3v) is 2.03. The first-order valence-corrected chi connectivity index (χ1v) is 4.61. The summed E-state index contributed by atoms with van der Waals surface area (Å²) in [7, 11) is 5.29. The van der Waals surface area contributed by atoms with Crippen LogP contribution in [0.25, 0.3) is 0 Å². The Balaban J connectivity index is 2.87. The van der Waals surface area contributed by atoms with E-state index in [9.17, 15) is 0 Å². The highest BCUT2D eigenvalue weighted by molar-refractivity contribution is 5.37. The van der Waals surface area contributed by atoms with Crippen molar-refractivity contribution in [2.75, 3.05) is 21.3 Å². The van der Waals surface area contributed by atoms with Crippen LogP contribution in [0.5, 0.6) is 5.75 Å². The van der Waals surface area contributed by atoms with Crippen LogP contribution in [0.4, 0.5) is 0 Å². The van der Waals surface area contributed by atoms with E-state index in [0.29, 0.717) is 6.61 Å². The standard InChI is InChI=1S/C11H17NO2/c1-12-7-10-5-4-9(8-13-2)6-11(10)14-3/h4-6,12H,7-8H2,1-3H3. The molecule has 1 aromatic carbocycles. The normalized spacial score (nSPS) is 10.2. The molecule has 3 heteroatoms. The number of hydrogen-bond donors (Lipinski definition) is 1. The molecule has 1 aromatic rings. The third-order valence-electron chi connectivity index (χ3n) is 2.03. The molecule has 1 rings (SSSR count). The number of hydrogen-bond acceptors (Lipinski definition) is 3. The maximum absolute atomic E-state index is 5.29. The van der Waals surface area contributed by atoms with E-state index in [0.717, 1.165) is 23.4 Å². The SMILES string of the molecule is CNCc1ccc(COC)cc1OC. The predicted molar refractivity (Wildman–Crippen MR) is 56.5 cm³/mol. The van der Waals surface area contributed by atoms with Gasteiger partial charge in [-0.1, -0.05) is 12.1 Å². The van der Waals surface area contributed by atoms with Crippen molar-refractivity contribution in [1.29, 1.82) is 0 Å². The largest absolute Gasteiger partial charge is 0.496 e. The fourth-order valence-corrected chi connectivity index (χ4v) is 1.38. The Morgan fingerprint density at radius 2 is 2.07 bits per heavy atom. The van der Waals surface area contributed by atoms with Gasteiger partial charge in [0.2, 0.25) is 0 Å². The van der Waals surface area contributed by atoms with Crippen molar-refractivity contribution in [3.63, 3.8) is 0 Å². The molecule has 0 radical (unpaired) electrons. The Morgan fingerprint density at radius 3 is 2.64 bits per heavy atom. The van der Waals surface area contributed by atoms with Crippen molar-refractivity contribution in [2.24, 2.45) is 0 Å². The van der Waals surface area contributed by atoms with Crippen molar-refractivity contribution in [3.05, 3.63) is 29.3 Å². The minimum atomic E-state index is 0.621. The quantitative estimate of drug-likeness (QED) is 0.773. The van der Waals surface area contributed by atoms with Gasteiger partial charge in [0.1, 0.15) is 5.75 Å². The van der Waals surface area contributed by atoms with Crippen LogP contribution in [0.15, 0.2) is 18.2 Å².